The van der Waals surface area contributed by atoms with Crippen LogP contribution in [0.3, 0.4) is 0 Å². The third-order valence-electron chi connectivity index (χ3n) is 4.75. The Morgan fingerprint density at radius 2 is 1.94 bits per heavy atom. The van der Waals surface area contributed by atoms with E-state index in [0.29, 0.717) is 11.4 Å². The largest absolute Gasteiger partial charge is 0.495 e. The van der Waals surface area contributed by atoms with Gasteiger partial charge in [-0.05, 0) is 43.7 Å². The summed E-state index contributed by atoms with van der Waals surface area (Å²) in [5.74, 6) is -1.03. The number of carbonyl (C=O) groups is 2. The quantitative estimate of drug-likeness (QED) is 0.376. The van der Waals surface area contributed by atoms with Crippen LogP contribution in [0.15, 0.2) is 60.0 Å². The number of ether oxygens (including phenoxy) is 2. The number of sulfonamides is 1. The molecule has 1 unspecified atom stereocenters. The molecule has 0 spiro atoms. The molecule has 2 rings (SSSR count). The first-order chi connectivity index (χ1) is 15.6. The molecule has 1 amide bonds. The highest BCUT2D eigenvalue weighted by Crippen LogP contribution is 2.33. The number of esters is 1. The third-order valence-corrected chi connectivity index (χ3v) is 6.85. The van der Waals surface area contributed by atoms with E-state index in [4.69, 9.17) is 21.1 Å². The van der Waals surface area contributed by atoms with Gasteiger partial charge in [0.05, 0.1) is 34.8 Å². The molecular formula is C23H27ClN2O6S. The second-order valence-electron chi connectivity index (χ2n) is 7.09. The van der Waals surface area contributed by atoms with E-state index < -0.39 is 28.5 Å². The minimum Gasteiger partial charge on any atom is -0.495 e. The summed E-state index contributed by atoms with van der Waals surface area (Å²) >= 11 is 6.12. The molecule has 10 heteroatoms. The molecule has 0 saturated heterocycles. The monoisotopic (exact) mass is 494 g/mol. The van der Waals surface area contributed by atoms with Crippen molar-refractivity contribution in [2.45, 2.75) is 31.2 Å². The lowest BCUT2D eigenvalue weighted by Gasteiger charge is -2.25. The highest BCUT2D eigenvalue weighted by Gasteiger charge is 2.28. The molecule has 2 aromatic rings. The van der Waals surface area contributed by atoms with E-state index in [9.17, 15) is 18.0 Å². The van der Waals surface area contributed by atoms with Gasteiger partial charge in [-0.15, -0.1) is 6.58 Å². The van der Waals surface area contributed by atoms with Crippen molar-refractivity contribution in [1.82, 2.24) is 5.32 Å². The number of nitrogens with one attached hydrogen (secondary N) is 1. The van der Waals surface area contributed by atoms with E-state index in [0.717, 1.165) is 16.8 Å². The van der Waals surface area contributed by atoms with Gasteiger partial charge in [-0.2, -0.15) is 0 Å². The summed E-state index contributed by atoms with van der Waals surface area (Å²) in [4.78, 5) is 24.2. The van der Waals surface area contributed by atoms with E-state index in [2.05, 4.69) is 11.9 Å². The van der Waals surface area contributed by atoms with Crippen molar-refractivity contribution in [1.29, 1.82) is 0 Å². The highest BCUT2D eigenvalue weighted by molar-refractivity contribution is 7.92. The molecule has 0 fully saturated rings. The van der Waals surface area contributed by atoms with Crippen molar-refractivity contribution in [3.05, 3.63) is 65.7 Å². The minimum absolute atomic E-state index is 0.00570. The van der Waals surface area contributed by atoms with Crippen molar-refractivity contribution in [2.24, 2.45) is 0 Å². The molecule has 178 valence electrons. The number of methoxy groups -OCH3 is 1. The standard InChI is InChI=1S/C23H27ClN2O6S/c1-5-13-26(20-9-7-8-10-21(20)31-4)33(29,30)17-11-12-19(24)18(14-17)23(28)32-15-22(27)25-16(3)6-2/h5,7-12,14,16H,1,6,13,15H2,2-4H3,(H,25,27). The van der Waals surface area contributed by atoms with Gasteiger partial charge in [-0.3, -0.25) is 9.10 Å². The van der Waals surface area contributed by atoms with Gasteiger partial charge < -0.3 is 14.8 Å². The fourth-order valence-corrected chi connectivity index (χ4v) is 4.52. The Labute approximate surface area is 199 Å². The van der Waals surface area contributed by atoms with Gasteiger partial charge >= 0.3 is 5.97 Å². The molecule has 0 aliphatic heterocycles. The van der Waals surface area contributed by atoms with Gasteiger partial charge in [0.15, 0.2) is 6.61 Å². The Morgan fingerprint density at radius 3 is 2.58 bits per heavy atom. The topological polar surface area (TPSA) is 102 Å². The van der Waals surface area contributed by atoms with Crippen LogP contribution < -0.4 is 14.4 Å². The van der Waals surface area contributed by atoms with Crippen molar-refractivity contribution < 1.29 is 27.5 Å². The Morgan fingerprint density at radius 1 is 1.24 bits per heavy atom. The first-order valence-electron chi connectivity index (χ1n) is 10.2. The molecule has 0 saturated carbocycles. The van der Waals surface area contributed by atoms with Gasteiger partial charge in [0, 0.05) is 6.04 Å². The molecule has 0 aromatic heterocycles. The summed E-state index contributed by atoms with van der Waals surface area (Å²) in [7, 11) is -2.70. The van der Waals surface area contributed by atoms with Crippen LogP contribution >= 0.6 is 11.6 Å². The predicted octanol–water partition coefficient (Wildman–Crippen LogP) is 3.80. The molecule has 0 aliphatic rings. The molecule has 1 N–H and O–H groups in total. The fraction of sp³-hybridized carbons (Fsp3) is 0.304. The van der Waals surface area contributed by atoms with Crippen LogP contribution in [0.4, 0.5) is 5.69 Å². The van der Waals surface area contributed by atoms with Crippen LogP contribution in [-0.4, -0.2) is 46.6 Å². The molecule has 33 heavy (non-hydrogen) atoms. The molecule has 2 aromatic carbocycles. The third kappa shape index (κ3) is 6.49. The summed E-state index contributed by atoms with van der Waals surface area (Å²) in [6.07, 6.45) is 2.16. The van der Waals surface area contributed by atoms with Crippen molar-refractivity contribution in [2.75, 3.05) is 24.6 Å². The zero-order chi connectivity index (χ0) is 24.6. The number of halogens is 1. The minimum atomic E-state index is -4.14. The van der Waals surface area contributed by atoms with Crippen molar-refractivity contribution in [3.63, 3.8) is 0 Å². The SMILES string of the molecule is C=CCN(c1ccccc1OC)S(=O)(=O)c1ccc(Cl)c(C(=O)OCC(=O)NC(C)CC)c1. The van der Waals surface area contributed by atoms with E-state index in [1.165, 1.54) is 25.3 Å². The van der Waals surface area contributed by atoms with Gasteiger partial charge in [-0.1, -0.05) is 36.7 Å². The second kappa shape index (κ2) is 11.7. The van der Waals surface area contributed by atoms with Crippen LogP contribution in [0.25, 0.3) is 0 Å². The Balaban J connectivity index is 2.36. The molecule has 0 aliphatic carbocycles. The Kier molecular flexibility index (Phi) is 9.31. The van der Waals surface area contributed by atoms with E-state index >= 15 is 0 Å². The second-order valence-corrected chi connectivity index (χ2v) is 9.36. The van der Waals surface area contributed by atoms with E-state index in [1.54, 1.807) is 24.3 Å². The summed E-state index contributed by atoms with van der Waals surface area (Å²) < 4.78 is 38.4. The summed E-state index contributed by atoms with van der Waals surface area (Å²) in [6, 6.07) is 10.3. The van der Waals surface area contributed by atoms with Gasteiger partial charge in [0.2, 0.25) is 0 Å². The Hall–Kier alpha value is -3.04. The van der Waals surface area contributed by atoms with Crippen LogP contribution in [0.5, 0.6) is 5.75 Å². The zero-order valence-corrected chi connectivity index (χ0v) is 20.3. The first-order valence-corrected chi connectivity index (χ1v) is 12.0. The Bertz CT molecular complexity index is 1120. The van der Waals surface area contributed by atoms with Crippen LogP contribution in [0, 0.1) is 0 Å². The first kappa shape index (κ1) is 26.2. The lowest BCUT2D eigenvalue weighted by atomic mass is 10.2. The number of carbonyl (C=O) groups excluding carboxylic acids is 2. The molecule has 0 heterocycles. The highest BCUT2D eigenvalue weighted by atomic mass is 35.5. The molecule has 1 atom stereocenters. The van der Waals surface area contributed by atoms with E-state index in [1.807, 2.05) is 13.8 Å². The fourth-order valence-electron chi connectivity index (χ4n) is 2.85. The normalized spacial score (nSPS) is 11.9. The average molecular weight is 495 g/mol. The molecular weight excluding hydrogens is 468 g/mol. The maximum atomic E-state index is 13.5. The van der Waals surface area contributed by atoms with Crippen LogP contribution in [0.1, 0.15) is 30.6 Å². The van der Waals surface area contributed by atoms with Crippen molar-refractivity contribution >= 4 is 39.2 Å². The van der Waals surface area contributed by atoms with Crippen LogP contribution in [0.2, 0.25) is 5.02 Å². The number of amides is 1. The maximum absolute atomic E-state index is 13.5. The van der Waals surface area contributed by atoms with Gasteiger partial charge in [-0.25, -0.2) is 13.2 Å². The zero-order valence-electron chi connectivity index (χ0n) is 18.7. The lowest BCUT2D eigenvalue weighted by molar-refractivity contribution is -0.124. The molecule has 0 radical (unpaired) electrons. The van der Waals surface area contributed by atoms with Gasteiger partial charge in [0.25, 0.3) is 15.9 Å². The van der Waals surface area contributed by atoms with Crippen molar-refractivity contribution in [3.8, 4) is 5.75 Å². The number of hydrogen-bond donors (Lipinski definition) is 1. The lowest BCUT2D eigenvalue weighted by Crippen LogP contribution is -2.35. The van der Waals surface area contributed by atoms with Crippen LogP contribution in [-0.2, 0) is 19.6 Å². The number of para-hydroxylation sites is 2. The summed E-state index contributed by atoms with van der Waals surface area (Å²) in [5.41, 5.74) is 0.133. The summed E-state index contributed by atoms with van der Waals surface area (Å²) in [6.45, 7) is 6.81. The average Bonchev–Trinajstić information content (AvgIpc) is 2.80. The maximum Gasteiger partial charge on any atom is 0.340 e. The summed E-state index contributed by atoms with van der Waals surface area (Å²) in [5, 5.41) is 2.67. The number of rotatable bonds is 11. The van der Waals surface area contributed by atoms with Gasteiger partial charge in [0.1, 0.15) is 5.75 Å². The number of nitrogens with zero attached hydrogens (tertiary/aromatic N) is 1. The number of anilines is 1. The van der Waals surface area contributed by atoms with E-state index in [-0.39, 0.29) is 28.1 Å². The molecule has 0 bridgehead atoms. The predicted molar refractivity (Wildman–Crippen MR) is 127 cm³/mol. The smallest absolute Gasteiger partial charge is 0.340 e. The molecule has 8 nitrogen and oxygen atoms in total. The number of hydrogen-bond acceptors (Lipinski definition) is 6. The number of benzene rings is 2.